The Morgan fingerprint density at radius 2 is 1.95 bits per heavy atom. The molecule has 0 saturated carbocycles. The average molecular weight is 396 g/mol. The van der Waals surface area contributed by atoms with Crippen LogP contribution in [0.25, 0.3) is 0 Å². The van der Waals surface area contributed by atoms with Crippen molar-refractivity contribution in [3.8, 4) is 0 Å². The summed E-state index contributed by atoms with van der Waals surface area (Å²) in [5.74, 6) is 0.210. The molecule has 1 heterocycles. The third-order valence-electron chi connectivity index (χ3n) is 2.47. The number of aromatic nitrogens is 1. The Kier molecular flexibility index (Phi) is 4.59. The van der Waals surface area contributed by atoms with Gasteiger partial charge in [-0.2, -0.15) is 0 Å². The van der Waals surface area contributed by atoms with Gasteiger partial charge in [-0.15, -0.1) is 0 Å². The highest BCUT2D eigenvalue weighted by atomic mass is 79.9. The van der Waals surface area contributed by atoms with E-state index in [-0.39, 0.29) is 20.8 Å². The fourth-order valence-electron chi connectivity index (χ4n) is 1.47. The molecule has 2 rings (SSSR count). The number of rotatable bonds is 3. The number of aryl methyl sites for hydroxylation is 1. The molecule has 106 valence electrons. The first kappa shape index (κ1) is 15.6. The van der Waals surface area contributed by atoms with E-state index in [2.05, 4.69) is 25.6 Å². The van der Waals surface area contributed by atoms with Gasteiger partial charge >= 0.3 is 0 Å². The highest BCUT2D eigenvalue weighted by molar-refractivity contribution is 9.10. The van der Waals surface area contributed by atoms with Crippen LogP contribution < -0.4 is 4.72 Å². The first-order chi connectivity index (χ1) is 9.29. The van der Waals surface area contributed by atoms with E-state index < -0.39 is 10.0 Å². The Morgan fingerprint density at radius 3 is 2.60 bits per heavy atom. The molecule has 0 amide bonds. The van der Waals surface area contributed by atoms with Gasteiger partial charge in [0, 0.05) is 15.7 Å². The van der Waals surface area contributed by atoms with Crippen LogP contribution in [0.3, 0.4) is 0 Å². The lowest BCUT2D eigenvalue weighted by Gasteiger charge is -2.10. The summed E-state index contributed by atoms with van der Waals surface area (Å²) < 4.78 is 27.7. The van der Waals surface area contributed by atoms with Crippen LogP contribution in [0, 0.1) is 6.92 Å². The number of hydrogen-bond acceptors (Lipinski definition) is 3. The first-order valence-corrected chi connectivity index (χ1v) is 8.43. The molecule has 4 nitrogen and oxygen atoms in total. The standard InChI is InChI=1S/C12H9BrCl2N2O2S/c1-7-4-12(16-6-9(7)13)17-20(18,19)11-5-8(14)2-3-10(11)15/h2-6H,1H3,(H,16,17). The second-order valence-electron chi connectivity index (χ2n) is 4.00. The van der Waals surface area contributed by atoms with Gasteiger partial charge in [-0.05, 0) is 52.7 Å². The minimum Gasteiger partial charge on any atom is -0.263 e. The van der Waals surface area contributed by atoms with Crippen LogP contribution in [0.4, 0.5) is 5.82 Å². The molecule has 0 aliphatic rings. The van der Waals surface area contributed by atoms with Gasteiger partial charge in [-0.1, -0.05) is 23.2 Å². The fraction of sp³-hybridized carbons (Fsp3) is 0.0833. The zero-order valence-electron chi connectivity index (χ0n) is 10.2. The third-order valence-corrected chi connectivity index (χ3v) is 5.37. The second kappa shape index (κ2) is 5.89. The minimum absolute atomic E-state index is 0.0889. The Labute approximate surface area is 135 Å². The smallest absolute Gasteiger partial charge is 0.263 e. The summed E-state index contributed by atoms with van der Waals surface area (Å²) in [5, 5.41) is 0.380. The summed E-state index contributed by atoms with van der Waals surface area (Å²) in [6, 6.07) is 5.85. The molecule has 0 unspecified atom stereocenters. The Balaban J connectivity index is 2.40. The van der Waals surface area contributed by atoms with Crippen molar-refractivity contribution in [3.05, 3.63) is 50.5 Å². The summed E-state index contributed by atoms with van der Waals surface area (Å²) in [7, 11) is -3.84. The Bertz CT molecular complexity index is 766. The monoisotopic (exact) mass is 394 g/mol. The third kappa shape index (κ3) is 3.44. The van der Waals surface area contributed by atoms with Gasteiger partial charge in [0.15, 0.2) is 0 Å². The number of sulfonamides is 1. The summed E-state index contributed by atoms with van der Waals surface area (Å²) in [6.07, 6.45) is 1.52. The molecular weight excluding hydrogens is 387 g/mol. The number of anilines is 1. The molecule has 0 bridgehead atoms. The van der Waals surface area contributed by atoms with Gasteiger partial charge in [-0.25, -0.2) is 13.4 Å². The van der Waals surface area contributed by atoms with Gasteiger partial charge in [0.2, 0.25) is 0 Å². The lowest BCUT2D eigenvalue weighted by Crippen LogP contribution is -2.14. The van der Waals surface area contributed by atoms with E-state index in [1.165, 1.54) is 24.4 Å². The van der Waals surface area contributed by atoms with Gasteiger partial charge in [0.1, 0.15) is 10.7 Å². The van der Waals surface area contributed by atoms with Crippen molar-refractivity contribution in [2.45, 2.75) is 11.8 Å². The summed E-state index contributed by atoms with van der Waals surface area (Å²) in [5.41, 5.74) is 0.856. The predicted molar refractivity (Wildman–Crippen MR) is 83.9 cm³/mol. The van der Waals surface area contributed by atoms with Crippen LogP contribution >= 0.6 is 39.1 Å². The lowest BCUT2D eigenvalue weighted by atomic mass is 10.3. The van der Waals surface area contributed by atoms with Gasteiger partial charge in [0.25, 0.3) is 10.0 Å². The summed E-state index contributed by atoms with van der Waals surface area (Å²) in [6.45, 7) is 1.83. The highest BCUT2D eigenvalue weighted by Crippen LogP contribution is 2.27. The molecule has 0 spiro atoms. The molecular formula is C12H9BrCl2N2O2S. The second-order valence-corrected chi connectivity index (χ2v) is 7.35. The summed E-state index contributed by atoms with van der Waals surface area (Å²) in [4.78, 5) is 3.90. The van der Waals surface area contributed by atoms with Crippen molar-refractivity contribution in [2.24, 2.45) is 0 Å². The van der Waals surface area contributed by atoms with Gasteiger partial charge in [0.05, 0.1) is 5.02 Å². The van der Waals surface area contributed by atoms with Crippen LogP contribution in [0.2, 0.25) is 10.0 Å². The topological polar surface area (TPSA) is 59.1 Å². The van der Waals surface area contributed by atoms with E-state index in [1.54, 1.807) is 6.07 Å². The number of pyridine rings is 1. The maximum Gasteiger partial charge on any atom is 0.264 e. The molecule has 1 aromatic carbocycles. The molecule has 1 N–H and O–H groups in total. The predicted octanol–water partition coefficient (Wildman–Crippen LogP) is 4.26. The van der Waals surface area contributed by atoms with Crippen LogP contribution in [-0.2, 0) is 10.0 Å². The molecule has 0 radical (unpaired) electrons. The van der Waals surface area contributed by atoms with Crippen molar-refractivity contribution < 1.29 is 8.42 Å². The number of hydrogen-bond donors (Lipinski definition) is 1. The summed E-state index contributed by atoms with van der Waals surface area (Å²) >= 11 is 15.0. The largest absolute Gasteiger partial charge is 0.264 e. The molecule has 20 heavy (non-hydrogen) atoms. The molecule has 0 aliphatic heterocycles. The van der Waals surface area contributed by atoms with Crippen LogP contribution in [-0.4, -0.2) is 13.4 Å². The molecule has 2 aromatic rings. The SMILES string of the molecule is Cc1cc(NS(=O)(=O)c2cc(Cl)ccc2Cl)ncc1Br. The number of nitrogens with zero attached hydrogens (tertiary/aromatic N) is 1. The molecule has 0 aliphatic carbocycles. The number of nitrogens with one attached hydrogen (secondary N) is 1. The van der Waals surface area contributed by atoms with E-state index in [0.717, 1.165) is 10.0 Å². The molecule has 1 aromatic heterocycles. The van der Waals surface area contributed by atoms with Crippen molar-refractivity contribution in [2.75, 3.05) is 4.72 Å². The first-order valence-electron chi connectivity index (χ1n) is 5.39. The van der Waals surface area contributed by atoms with E-state index in [0.29, 0.717) is 0 Å². The van der Waals surface area contributed by atoms with E-state index in [1.807, 2.05) is 6.92 Å². The van der Waals surface area contributed by atoms with Crippen molar-refractivity contribution in [1.29, 1.82) is 0 Å². The van der Waals surface area contributed by atoms with Crippen molar-refractivity contribution in [3.63, 3.8) is 0 Å². The highest BCUT2D eigenvalue weighted by Gasteiger charge is 2.19. The zero-order valence-corrected chi connectivity index (χ0v) is 14.1. The van der Waals surface area contributed by atoms with E-state index >= 15 is 0 Å². The molecule has 8 heteroatoms. The number of benzene rings is 1. The fourth-order valence-corrected chi connectivity index (χ4v) is 3.45. The van der Waals surface area contributed by atoms with Crippen LogP contribution in [0.15, 0.2) is 39.8 Å². The Hall–Kier alpha value is -0.820. The normalized spacial score (nSPS) is 11.4. The quantitative estimate of drug-likeness (QED) is 0.844. The number of halogens is 3. The van der Waals surface area contributed by atoms with Gasteiger partial charge < -0.3 is 0 Å². The molecule has 0 atom stereocenters. The Morgan fingerprint density at radius 1 is 1.25 bits per heavy atom. The minimum atomic E-state index is -3.84. The molecule has 0 saturated heterocycles. The maximum absolute atomic E-state index is 12.3. The van der Waals surface area contributed by atoms with E-state index in [4.69, 9.17) is 23.2 Å². The maximum atomic E-state index is 12.3. The van der Waals surface area contributed by atoms with E-state index in [9.17, 15) is 8.42 Å². The zero-order chi connectivity index (χ0) is 14.9. The van der Waals surface area contributed by atoms with Crippen molar-refractivity contribution in [1.82, 2.24) is 4.98 Å². The van der Waals surface area contributed by atoms with Gasteiger partial charge in [-0.3, -0.25) is 4.72 Å². The lowest BCUT2D eigenvalue weighted by molar-refractivity contribution is 0.601. The molecule has 0 fully saturated rings. The van der Waals surface area contributed by atoms with Crippen molar-refractivity contribution >= 4 is 55.0 Å². The van der Waals surface area contributed by atoms with Crippen LogP contribution in [0.5, 0.6) is 0 Å². The van der Waals surface area contributed by atoms with Crippen LogP contribution in [0.1, 0.15) is 5.56 Å². The average Bonchev–Trinajstić information content (AvgIpc) is 2.36.